The first-order valence-corrected chi connectivity index (χ1v) is 10.8. The Morgan fingerprint density at radius 2 is 1.78 bits per heavy atom. The number of nitrogens with two attached hydrogens (primary N) is 1. The van der Waals surface area contributed by atoms with Gasteiger partial charge in [-0.05, 0) is 31.0 Å². The Labute approximate surface area is 161 Å². The molecule has 3 heterocycles. The predicted molar refractivity (Wildman–Crippen MR) is 107 cm³/mol. The average Bonchev–Trinajstić information content (AvgIpc) is 2.69. The zero-order valence-electron chi connectivity index (χ0n) is 15.9. The van der Waals surface area contributed by atoms with E-state index in [1.165, 1.54) is 4.31 Å². The van der Waals surface area contributed by atoms with Gasteiger partial charge in [-0.15, -0.1) is 0 Å². The van der Waals surface area contributed by atoms with Crippen molar-refractivity contribution in [3.05, 3.63) is 42.4 Å². The van der Waals surface area contributed by atoms with E-state index in [2.05, 4.69) is 9.97 Å². The van der Waals surface area contributed by atoms with Crippen LogP contribution >= 0.6 is 0 Å². The van der Waals surface area contributed by atoms with Crippen LogP contribution in [0.2, 0.25) is 0 Å². The molecule has 2 aromatic rings. The van der Waals surface area contributed by atoms with Crippen LogP contribution < -0.4 is 5.73 Å². The Hall–Kier alpha value is -2.03. The van der Waals surface area contributed by atoms with Crippen LogP contribution in [-0.4, -0.2) is 53.2 Å². The first-order chi connectivity index (χ1) is 13.0. The summed E-state index contributed by atoms with van der Waals surface area (Å²) in [6.07, 6.45) is 5.34. The van der Waals surface area contributed by atoms with Gasteiger partial charge in [0.05, 0.1) is 0 Å². The normalized spacial score (nSPS) is 18.7. The first-order valence-electron chi connectivity index (χ1n) is 9.38. The minimum absolute atomic E-state index is 0.114. The monoisotopic (exact) mass is 389 g/mol. The first kappa shape index (κ1) is 19.7. The molecule has 0 bridgehead atoms. The molecule has 0 aliphatic carbocycles. The molecule has 1 atom stereocenters. The number of hydrogen-bond acceptors (Lipinski definition) is 5. The molecular weight excluding hydrogens is 362 g/mol. The summed E-state index contributed by atoms with van der Waals surface area (Å²) < 4.78 is 28.7. The molecule has 3 rings (SSSR count). The summed E-state index contributed by atoms with van der Waals surface area (Å²) in [6, 6.07) is 7.68. The lowest BCUT2D eigenvalue weighted by atomic mass is 9.95. The van der Waals surface area contributed by atoms with E-state index in [0.717, 1.165) is 29.7 Å². The summed E-state index contributed by atoms with van der Waals surface area (Å²) in [4.78, 5) is 8.72. The average molecular weight is 390 g/mol. The van der Waals surface area contributed by atoms with Crippen molar-refractivity contribution in [1.29, 1.82) is 0 Å². The van der Waals surface area contributed by atoms with Crippen molar-refractivity contribution >= 4 is 16.0 Å². The predicted octanol–water partition coefficient (Wildman–Crippen LogP) is 2.49. The highest BCUT2D eigenvalue weighted by molar-refractivity contribution is 7.86. The number of nitrogens with zero attached hydrogens (tertiary/aromatic N) is 4. The number of hydrogen-bond donors (Lipinski definition) is 1. The standard InChI is InChI=1S/C19H27N5O2S/c1-3-23(4-2)27(25,26)24-11-5-6-17(14-24)18-9-7-15(12-21-18)16-8-10-19(20)22-13-16/h7-10,12-13,17H,3-6,11,14H2,1-2H3,(H2,20,22)/t17-/m0/s1. The fourth-order valence-corrected chi connectivity index (χ4v) is 5.21. The number of pyridine rings is 2. The zero-order valence-corrected chi connectivity index (χ0v) is 16.7. The van der Waals surface area contributed by atoms with Gasteiger partial charge in [0.2, 0.25) is 0 Å². The molecular formula is C19H27N5O2S. The number of nitrogen functional groups attached to an aromatic ring is 1. The van der Waals surface area contributed by atoms with Crippen molar-refractivity contribution in [2.75, 3.05) is 31.9 Å². The Kier molecular flexibility index (Phi) is 6.08. The summed E-state index contributed by atoms with van der Waals surface area (Å²) >= 11 is 0. The second-order valence-corrected chi connectivity index (χ2v) is 8.66. The van der Waals surface area contributed by atoms with Crippen molar-refractivity contribution < 1.29 is 8.42 Å². The quantitative estimate of drug-likeness (QED) is 0.819. The Morgan fingerprint density at radius 3 is 2.33 bits per heavy atom. The van der Waals surface area contributed by atoms with Gasteiger partial charge in [-0.25, -0.2) is 4.98 Å². The molecule has 0 unspecified atom stereocenters. The zero-order chi connectivity index (χ0) is 19.4. The maximum atomic E-state index is 12.8. The molecule has 0 amide bonds. The van der Waals surface area contributed by atoms with Gasteiger partial charge in [0, 0.05) is 61.3 Å². The highest BCUT2D eigenvalue weighted by Gasteiger charge is 2.33. The van der Waals surface area contributed by atoms with Gasteiger partial charge in [0.1, 0.15) is 5.82 Å². The molecule has 1 aliphatic heterocycles. The van der Waals surface area contributed by atoms with E-state index < -0.39 is 10.2 Å². The minimum Gasteiger partial charge on any atom is -0.384 e. The van der Waals surface area contributed by atoms with Gasteiger partial charge in [0.15, 0.2) is 0 Å². The van der Waals surface area contributed by atoms with Gasteiger partial charge in [0.25, 0.3) is 10.2 Å². The molecule has 1 aliphatic rings. The molecule has 0 radical (unpaired) electrons. The van der Waals surface area contributed by atoms with Crippen LogP contribution in [-0.2, 0) is 10.2 Å². The third-order valence-electron chi connectivity index (χ3n) is 5.07. The molecule has 1 fully saturated rings. The molecule has 1 saturated heterocycles. The summed E-state index contributed by atoms with van der Waals surface area (Å²) in [5.41, 5.74) is 8.49. The minimum atomic E-state index is -3.40. The van der Waals surface area contributed by atoms with E-state index in [1.807, 2.05) is 38.2 Å². The second kappa shape index (κ2) is 8.33. The fourth-order valence-electron chi connectivity index (χ4n) is 3.50. The molecule has 27 heavy (non-hydrogen) atoms. The van der Waals surface area contributed by atoms with Gasteiger partial charge in [-0.3, -0.25) is 4.98 Å². The topological polar surface area (TPSA) is 92.4 Å². The SMILES string of the molecule is CCN(CC)S(=O)(=O)N1CCC[C@H](c2ccc(-c3ccc(N)nc3)cn2)C1. The van der Waals surface area contributed by atoms with Crippen LogP contribution in [0.15, 0.2) is 36.7 Å². The molecule has 7 nitrogen and oxygen atoms in total. The molecule has 2 N–H and O–H groups in total. The van der Waals surface area contributed by atoms with E-state index in [0.29, 0.717) is 32.0 Å². The summed E-state index contributed by atoms with van der Waals surface area (Å²) in [7, 11) is -3.40. The van der Waals surface area contributed by atoms with E-state index in [4.69, 9.17) is 5.73 Å². The van der Waals surface area contributed by atoms with Crippen LogP contribution in [0, 0.1) is 0 Å². The number of aromatic nitrogens is 2. The van der Waals surface area contributed by atoms with Gasteiger partial charge in [-0.1, -0.05) is 19.9 Å². The highest BCUT2D eigenvalue weighted by Crippen LogP contribution is 2.29. The lowest BCUT2D eigenvalue weighted by Crippen LogP contribution is -2.47. The Morgan fingerprint density at radius 1 is 1.11 bits per heavy atom. The smallest absolute Gasteiger partial charge is 0.281 e. The van der Waals surface area contributed by atoms with Crippen molar-refractivity contribution in [1.82, 2.24) is 18.6 Å². The van der Waals surface area contributed by atoms with E-state index >= 15 is 0 Å². The van der Waals surface area contributed by atoms with Crippen molar-refractivity contribution in [3.63, 3.8) is 0 Å². The van der Waals surface area contributed by atoms with Crippen molar-refractivity contribution in [3.8, 4) is 11.1 Å². The number of anilines is 1. The molecule has 0 saturated carbocycles. The van der Waals surface area contributed by atoms with Crippen molar-refractivity contribution in [2.45, 2.75) is 32.6 Å². The van der Waals surface area contributed by atoms with E-state index in [-0.39, 0.29) is 5.92 Å². The lowest BCUT2D eigenvalue weighted by molar-refractivity contribution is 0.285. The third kappa shape index (κ3) is 4.28. The molecule has 8 heteroatoms. The molecule has 146 valence electrons. The second-order valence-electron chi connectivity index (χ2n) is 6.73. The summed E-state index contributed by atoms with van der Waals surface area (Å²) in [5, 5.41) is 0. The third-order valence-corrected chi connectivity index (χ3v) is 7.22. The maximum absolute atomic E-state index is 12.8. The van der Waals surface area contributed by atoms with Crippen molar-refractivity contribution in [2.24, 2.45) is 0 Å². The lowest BCUT2D eigenvalue weighted by Gasteiger charge is -2.34. The summed E-state index contributed by atoms with van der Waals surface area (Å²) in [5.74, 6) is 0.600. The van der Waals surface area contributed by atoms with Gasteiger partial charge < -0.3 is 5.73 Å². The number of piperidine rings is 1. The van der Waals surface area contributed by atoms with E-state index in [9.17, 15) is 8.42 Å². The maximum Gasteiger partial charge on any atom is 0.281 e. The number of rotatable bonds is 6. The van der Waals surface area contributed by atoms with Gasteiger partial charge in [-0.2, -0.15) is 17.0 Å². The van der Waals surface area contributed by atoms with Crippen LogP contribution in [0.25, 0.3) is 11.1 Å². The Balaban J connectivity index is 1.75. The molecule has 2 aromatic heterocycles. The van der Waals surface area contributed by atoms with Crippen LogP contribution in [0.4, 0.5) is 5.82 Å². The molecule has 0 spiro atoms. The van der Waals surface area contributed by atoms with Crippen LogP contribution in [0.3, 0.4) is 0 Å². The van der Waals surface area contributed by atoms with Gasteiger partial charge >= 0.3 is 0 Å². The Bertz CT molecular complexity index is 849. The summed E-state index contributed by atoms with van der Waals surface area (Å²) in [6.45, 7) is 5.77. The highest BCUT2D eigenvalue weighted by atomic mass is 32.2. The largest absolute Gasteiger partial charge is 0.384 e. The molecule has 0 aromatic carbocycles. The van der Waals surface area contributed by atoms with E-state index in [1.54, 1.807) is 16.6 Å². The van der Waals surface area contributed by atoms with Crippen LogP contribution in [0.5, 0.6) is 0 Å². The fraction of sp³-hybridized carbons (Fsp3) is 0.474. The van der Waals surface area contributed by atoms with Crippen LogP contribution in [0.1, 0.15) is 38.3 Å².